The lowest BCUT2D eigenvalue weighted by Gasteiger charge is -2.41. The van der Waals surface area contributed by atoms with Crippen molar-refractivity contribution in [2.24, 2.45) is 0 Å². The summed E-state index contributed by atoms with van der Waals surface area (Å²) in [5.41, 5.74) is 0. The zero-order chi connectivity index (χ0) is 23.0. The van der Waals surface area contributed by atoms with Crippen LogP contribution in [0.25, 0.3) is 0 Å². The van der Waals surface area contributed by atoms with Crippen LogP contribution in [0.4, 0.5) is 65.9 Å². The van der Waals surface area contributed by atoms with E-state index in [1.165, 1.54) is 0 Å². The van der Waals surface area contributed by atoms with Gasteiger partial charge in [-0.05, 0) is 18.9 Å². The summed E-state index contributed by atoms with van der Waals surface area (Å²) < 4.78 is 192. The van der Waals surface area contributed by atoms with E-state index < -0.39 is 54.2 Å². The van der Waals surface area contributed by atoms with E-state index in [0.717, 1.165) is 0 Å². The Morgan fingerprint density at radius 2 is 0.893 bits per heavy atom. The second-order valence-electron chi connectivity index (χ2n) is 5.39. The van der Waals surface area contributed by atoms with Crippen LogP contribution in [0.3, 0.4) is 0 Å². The molecular weight excluding hydrogens is 441 g/mol. The maximum atomic E-state index is 13.3. The lowest BCUT2D eigenvalue weighted by atomic mass is 9.91. The topological polar surface area (TPSA) is 0 Å². The highest BCUT2D eigenvalue weighted by Crippen LogP contribution is 2.62. The fourth-order valence-corrected chi connectivity index (χ4v) is 1.58. The smallest absolute Gasteiger partial charge is 0.195 e. The lowest BCUT2D eigenvalue weighted by Crippen LogP contribution is -2.72. The molecule has 1 radical (unpaired) electrons. The third-order valence-electron chi connectivity index (χ3n) is 3.30. The van der Waals surface area contributed by atoms with Gasteiger partial charge in [0.2, 0.25) is 0 Å². The van der Waals surface area contributed by atoms with Crippen molar-refractivity contribution >= 4 is 0 Å². The number of hydrogen-bond donors (Lipinski definition) is 0. The molecule has 0 aromatic rings. The number of hydrogen-bond acceptors (Lipinski definition) is 0. The Bertz CT molecular complexity index is 555. The summed E-state index contributed by atoms with van der Waals surface area (Å²) in [6.07, 6.45) is -9.19. The van der Waals surface area contributed by atoms with Crippen LogP contribution in [0.5, 0.6) is 0 Å². The zero-order valence-corrected chi connectivity index (χ0v) is 13.2. The minimum absolute atomic E-state index is 0.0271. The number of allylic oxidation sites excluding steroid dienone is 2. The molecule has 0 heterocycles. The first-order valence-corrected chi connectivity index (χ1v) is 6.86. The number of alkyl halides is 15. The Morgan fingerprint density at radius 3 is 1.25 bits per heavy atom. The highest BCUT2D eigenvalue weighted by molar-refractivity contribution is 5.16. The molecule has 0 aromatic carbocycles. The van der Waals surface area contributed by atoms with Crippen molar-refractivity contribution in [3.8, 4) is 0 Å². The van der Waals surface area contributed by atoms with Gasteiger partial charge in [0, 0.05) is 0 Å². The van der Waals surface area contributed by atoms with E-state index in [1.807, 2.05) is 0 Å². The van der Waals surface area contributed by atoms with Crippen molar-refractivity contribution in [3.63, 3.8) is 0 Å². The normalized spacial score (nSPS) is 16.1. The summed E-state index contributed by atoms with van der Waals surface area (Å²) in [4.78, 5) is 0. The van der Waals surface area contributed by atoms with Crippen LogP contribution in [-0.4, -0.2) is 41.7 Å². The van der Waals surface area contributed by atoms with Gasteiger partial charge in [-0.25, -0.2) is 0 Å². The van der Waals surface area contributed by atoms with Crippen LogP contribution < -0.4 is 0 Å². The lowest BCUT2D eigenvalue weighted by molar-refractivity contribution is -0.449. The molecule has 0 aromatic heterocycles. The van der Waals surface area contributed by atoms with Crippen LogP contribution in [0, 0.1) is 6.92 Å². The highest BCUT2D eigenvalue weighted by atomic mass is 19.4. The average molecular weight is 451 g/mol. The molecule has 0 amide bonds. The van der Waals surface area contributed by atoms with Crippen LogP contribution in [0.15, 0.2) is 12.2 Å². The van der Waals surface area contributed by atoms with Gasteiger partial charge in [0.05, 0.1) is 0 Å². The molecule has 0 atom stereocenters. The largest absolute Gasteiger partial charge is 0.460 e. The summed E-state index contributed by atoms with van der Waals surface area (Å²) in [5, 5.41) is 0. The van der Waals surface area contributed by atoms with Gasteiger partial charge in [0.15, 0.2) is 0 Å². The molecule has 0 nitrogen and oxygen atoms in total. The predicted molar refractivity (Wildman–Crippen MR) is 64.1 cm³/mol. The standard InChI is InChI=1S/C13H10F15/c1-2-3-4-5-6-7(14,15)8(16,17)9(18,19)10(20,21)11(22,23)12(24,25)13(26,27)28/h5-6H,1-4H2/b6-5+. The first kappa shape index (κ1) is 26.7. The maximum absolute atomic E-state index is 13.3. The van der Waals surface area contributed by atoms with E-state index in [1.54, 1.807) is 0 Å². The predicted octanol–water partition coefficient (Wildman–Crippen LogP) is 6.92. The SMILES string of the molecule is [CH2]CCC/C=C/C(F)(F)C(F)(F)C(F)(F)C(F)(F)C(F)(F)C(F)(F)C(F)(F)F. The molecule has 0 N–H and O–H groups in total. The number of unbranched alkanes of at least 4 members (excludes halogenated alkanes) is 2. The van der Waals surface area contributed by atoms with Crippen molar-refractivity contribution in [3.05, 3.63) is 19.1 Å². The molecule has 0 unspecified atom stereocenters. The van der Waals surface area contributed by atoms with Crippen molar-refractivity contribution < 1.29 is 65.9 Å². The summed E-state index contributed by atoms with van der Waals surface area (Å²) in [6.45, 7) is 3.17. The third kappa shape index (κ3) is 3.89. The second-order valence-corrected chi connectivity index (χ2v) is 5.39. The molecule has 0 spiro atoms. The fourth-order valence-electron chi connectivity index (χ4n) is 1.58. The van der Waals surface area contributed by atoms with E-state index in [9.17, 15) is 65.9 Å². The van der Waals surface area contributed by atoms with Crippen LogP contribution >= 0.6 is 0 Å². The van der Waals surface area contributed by atoms with E-state index in [4.69, 9.17) is 0 Å². The van der Waals surface area contributed by atoms with Gasteiger partial charge in [0.25, 0.3) is 0 Å². The Balaban J connectivity index is 6.28. The molecule has 167 valence electrons. The van der Waals surface area contributed by atoms with E-state index in [0.29, 0.717) is 0 Å². The van der Waals surface area contributed by atoms with Gasteiger partial charge < -0.3 is 0 Å². The van der Waals surface area contributed by atoms with Gasteiger partial charge in [0.1, 0.15) is 0 Å². The highest BCUT2D eigenvalue weighted by Gasteiger charge is 2.93. The van der Waals surface area contributed by atoms with Crippen LogP contribution in [0.1, 0.15) is 19.3 Å². The van der Waals surface area contributed by atoms with Crippen molar-refractivity contribution in [1.82, 2.24) is 0 Å². The third-order valence-corrected chi connectivity index (χ3v) is 3.30. The van der Waals surface area contributed by atoms with E-state index >= 15 is 0 Å². The Kier molecular flexibility index (Phi) is 7.15. The summed E-state index contributed by atoms with van der Waals surface area (Å²) >= 11 is 0. The summed E-state index contributed by atoms with van der Waals surface area (Å²) in [6, 6.07) is 0. The molecule has 0 saturated heterocycles. The van der Waals surface area contributed by atoms with Gasteiger partial charge >= 0.3 is 41.7 Å². The first-order chi connectivity index (χ1) is 12.1. The molecule has 15 heteroatoms. The Morgan fingerprint density at radius 1 is 0.536 bits per heavy atom. The quantitative estimate of drug-likeness (QED) is 0.203. The van der Waals surface area contributed by atoms with Gasteiger partial charge in [-0.1, -0.05) is 19.4 Å². The minimum Gasteiger partial charge on any atom is -0.195 e. The second kappa shape index (κ2) is 7.50. The average Bonchev–Trinajstić information content (AvgIpc) is 2.49. The van der Waals surface area contributed by atoms with Gasteiger partial charge in [-0.3, -0.25) is 0 Å². The fraction of sp³-hybridized carbons (Fsp3) is 0.769. The number of rotatable bonds is 9. The van der Waals surface area contributed by atoms with Gasteiger partial charge in [-0.2, -0.15) is 65.9 Å². The molecule has 0 fully saturated rings. The molecule has 0 aliphatic carbocycles. The monoisotopic (exact) mass is 451 g/mol. The molecule has 0 saturated carbocycles. The van der Waals surface area contributed by atoms with Crippen molar-refractivity contribution in [1.29, 1.82) is 0 Å². The Labute approximate surface area is 147 Å². The summed E-state index contributed by atoms with van der Waals surface area (Å²) in [7, 11) is 0. The first-order valence-electron chi connectivity index (χ1n) is 6.86. The summed E-state index contributed by atoms with van der Waals surface area (Å²) in [5.74, 6) is -46.2. The molecule has 0 bridgehead atoms. The molecule has 28 heavy (non-hydrogen) atoms. The maximum Gasteiger partial charge on any atom is 0.460 e. The van der Waals surface area contributed by atoms with E-state index in [-0.39, 0.29) is 18.9 Å². The van der Waals surface area contributed by atoms with Crippen LogP contribution in [0.2, 0.25) is 0 Å². The molecular formula is C13H10F15. The van der Waals surface area contributed by atoms with Crippen LogP contribution in [-0.2, 0) is 0 Å². The zero-order valence-electron chi connectivity index (χ0n) is 13.2. The number of halogens is 15. The van der Waals surface area contributed by atoms with E-state index in [2.05, 4.69) is 6.92 Å². The van der Waals surface area contributed by atoms with Crippen molar-refractivity contribution in [2.45, 2.75) is 61.0 Å². The van der Waals surface area contributed by atoms with Crippen molar-refractivity contribution in [2.75, 3.05) is 0 Å². The molecule has 0 rings (SSSR count). The molecule has 0 aliphatic rings. The minimum atomic E-state index is -8.24. The molecule has 0 aliphatic heterocycles. The van der Waals surface area contributed by atoms with Gasteiger partial charge in [-0.15, -0.1) is 0 Å². The Hall–Kier alpha value is -1.31.